The number of nitrogens with zero attached hydrogens (tertiary/aromatic N) is 1. The molecule has 0 saturated carbocycles. The molecule has 3 nitrogen and oxygen atoms in total. The van der Waals surface area contributed by atoms with Crippen LogP contribution in [0.2, 0.25) is 0 Å². The van der Waals surface area contributed by atoms with Gasteiger partial charge < -0.3 is 9.40 Å². The van der Waals surface area contributed by atoms with Gasteiger partial charge in [0.15, 0.2) is 0 Å². The van der Waals surface area contributed by atoms with Gasteiger partial charge in [-0.25, -0.2) is 4.99 Å². The number of thioether (sulfide) groups is 1. The summed E-state index contributed by atoms with van der Waals surface area (Å²) in [5, 5.41) is 2.63. The van der Waals surface area contributed by atoms with Crippen LogP contribution >= 0.6 is 11.8 Å². The van der Waals surface area contributed by atoms with E-state index >= 15 is 0 Å². The van der Waals surface area contributed by atoms with Crippen molar-refractivity contribution in [1.29, 1.82) is 0 Å². The fourth-order valence-electron chi connectivity index (χ4n) is 4.02. The van der Waals surface area contributed by atoms with E-state index in [0.29, 0.717) is 0 Å². The van der Waals surface area contributed by atoms with Crippen molar-refractivity contribution in [1.82, 2.24) is 4.98 Å². The van der Waals surface area contributed by atoms with Gasteiger partial charge in [0.1, 0.15) is 11.3 Å². The van der Waals surface area contributed by atoms with Gasteiger partial charge in [-0.1, -0.05) is 48.5 Å². The SMILES string of the molecule is c1ccc2c(c1)N=C(c1cc3ccccc3o1)CC(c1c[nH]c3ccccc13)S2. The first-order valence-electron chi connectivity index (χ1n) is 9.73. The highest BCUT2D eigenvalue weighted by molar-refractivity contribution is 7.99. The maximum absolute atomic E-state index is 6.18. The van der Waals surface area contributed by atoms with Gasteiger partial charge in [0.05, 0.1) is 11.4 Å². The first-order valence-corrected chi connectivity index (χ1v) is 10.6. The lowest BCUT2D eigenvalue weighted by Gasteiger charge is -2.14. The number of hydrogen-bond donors (Lipinski definition) is 1. The number of aromatic amines is 1. The van der Waals surface area contributed by atoms with Gasteiger partial charge in [-0.2, -0.15) is 0 Å². The molecule has 2 aromatic heterocycles. The number of nitrogens with one attached hydrogen (secondary N) is 1. The van der Waals surface area contributed by atoms with E-state index in [2.05, 4.69) is 65.8 Å². The number of para-hydroxylation sites is 3. The van der Waals surface area contributed by atoms with Crippen LogP contribution in [0.1, 0.15) is 23.0 Å². The lowest BCUT2D eigenvalue weighted by atomic mass is 10.0. The Labute approximate surface area is 172 Å². The molecular formula is C25H18N2OS. The third-order valence-corrected chi connectivity index (χ3v) is 6.75. The Hall–Kier alpha value is -3.24. The Morgan fingerprint density at radius 1 is 0.931 bits per heavy atom. The fraction of sp³-hybridized carbons (Fsp3) is 0.0800. The zero-order chi connectivity index (χ0) is 19.2. The molecule has 0 saturated heterocycles. The van der Waals surface area contributed by atoms with Crippen molar-refractivity contribution < 1.29 is 4.42 Å². The van der Waals surface area contributed by atoms with E-state index in [-0.39, 0.29) is 5.25 Å². The lowest BCUT2D eigenvalue weighted by Crippen LogP contribution is -2.04. The minimum atomic E-state index is 0.252. The molecular weight excluding hydrogens is 376 g/mol. The van der Waals surface area contributed by atoms with E-state index in [1.807, 2.05) is 36.0 Å². The molecule has 1 unspecified atom stereocenters. The monoisotopic (exact) mass is 394 g/mol. The third kappa shape index (κ3) is 2.88. The number of hydrogen-bond acceptors (Lipinski definition) is 3. The Morgan fingerprint density at radius 3 is 2.72 bits per heavy atom. The number of rotatable bonds is 2. The molecule has 140 valence electrons. The Bertz CT molecular complexity index is 1340. The van der Waals surface area contributed by atoms with Crippen LogP contribution in [-0.2, 0) is 0 Å². The molecule has 29 heavy (non-hydrogen) atoms. The lowest BCUT2D eigenvalue weighted by molar-refractivity contribution is 0.602. The Morgan fingerprint density at radius 2 is 1.76 bits per heavy atom. The average Bonchev–Trinajstić information content (AvgIpc) is 3.33. The van der Waals surface area contributed by atoms with E-state index in [0.717, 1.165) is 34.5 Å². The molecule has 1 aliphatic heterocycles. The minimum Gasteiger partial charge on any atom is -0.455 e. The van der Waals surface area contributed by atoms with E-state index in [9.17, 15) is 0 Å². The molecule has 1 atom stereocenters. The first kappa shape index (κ1) is 16.7. The second-order valence-electron chi connectivity index (χ2n) is 7.27. The van der Waals surface area contributed by atoms with Gasteiger partial charge in [-0.3, -0.25) is 0 Å². The normalized spacial score (nSPS) is 16.6. The van der Waals surface area contributed by atoms with Crippen LogP contribution in [0.15, 0.2) is 99.4 Å². The summed E-state index contributed by atoms with van der Waals surface area (Å²) in [5.74, 6) is 0.855. The smallest absolute Gasteiger partial charge is 0.149 e. The van der Waals surface area contributed by atoms with Gasteiger partial charge in [-0.15, -0.1) is 11.8 Å². The fourth-order valence-corrected chi connectivity index (χ4v) is 5.29. The molecule has 0 bridgehead atoms. The summed E-state index contributed by atoms with van der Waals surface area (Å²) in [5.41, 5.74) is 5.39. The average molecular weight is 394 g/mol. The minimum absolute atomic E-state index is 0.252. The van der Waals surface area contributed by atoms with E-state index in [4.69, 9.17) is 9.41 Å². The molecule has 0 fully saturated rings. The quantitative estimate of drug-likeness (QED) is 0.342. The van der Waals surface area contributed by atoms with Crippen LogP contribution < -0.4 is 0 Å². The van der Waals surface area contributed by atoms with Crippen molar-refractivity contribution in [2.45, 2.75) is 16.6 Å². The van der Waals surface area contributed by atoms with Crippen molar-refractivity contribution in [2.75, 3.05) is 0 Å². The number of aromatic nitrogens is 1. The molecule has 0 spiro atoms. The molecule has 0 radical (unpaired) electrons. The summed E-state index contributed by atoms with van der Waals surface area (Å²) < 4.78 is 6.18. The maximum Gasteiger partial charge on any atom is 0.149 e. The topological polar surface area (TPSA) is 41.3 Å². The molecule has 1 aliphatic rings. The van der Waals surface area contributed by atoms with Crippen molar-refractivity contribution in [3.8, 4) is 0 Å². The highest BCUT2D eigenvalue weighted by Gasteiger charge is 2.26. The molecule has 3 aromatic carbocycles. The molecule has 4 heteroatoms. The van der Waals surface area contributed by atoms with Crippen LogP contribution in [0.25, 0.3) is 21.9 Å². The summed E-state index contributed by atoms with van der Waals surface area (Å²) in [4.78, 5) is 9.67. The van der Waals surface area contributed by atoms with Crippen LogP contribution in [0.3, 0.4) is 0 Å². The van der Waals surface area contributed by atoms with E-state index in [1.54, 1.807) is 0 Å². The van der Waals surface area contributed by atoms with Crippen molar-refractivity contribution >= 4 is 45.0 Å². The summed E-state index contributed by atoms with van der Waals surface area (Å²) in [6.45, 7) is 0. The van der Waals surface area contributed by atoms with Gasteiger partial charge in [0.25, 0.3) is 0 Å². The molecule has 1 N–H and O–H groups in total. The number of benzene rings is 3. The number of fused-ring (bicyclic) bond motifs is 3. The van der Waals surface area contributed by atoms with E-state index in [1.165, 1.54) is 21.4 Å². The zero-order valence-electron chi connectivity index (χ0n) is 15.6. The van der Waals surface area contributed by atoms with Crippen molar-refractivity contribution in [3.05, 3.63) is 96.4 Å². The Kier molecular flexibility index (Phi) is 3.84. The van der Waals surface area contributed by atoms with E-state index < -0.39 is 0 Å². The standard InChI is InChI=1S/C25H18N2OS/c1-5-11-22-16(7-1)13-23(28-22)21-14-25(29-24-12-6-4-10-20(24)27-21)18-15-26-19-9-3-2-8-17(18)19/h1-13,15,25-26H,14H2. The number of H-pyrrole nitrogens is 1. The second-order valence-corrected chi connectivity index (χ2v) is 8.52. The van der Waals surface area contributed by atoms with Gasteiger partial charge in [0, 0.05) is 39.1 Å². The van der Waals surface area contributed by atoms with Crippen LogP contribution in [0.5, 0.6) is 0 Å². The number of furan rings is 1. The van der Waals surface area contributed by atoms with Crippen molar-refractivity contribution in [3.63, 3.8) is 0 Å². The number of aliphatic imine (C=N–C) groups is 1. The zero-order valence-corrected chi connectivity index (χ0v) is 16.4. The van der Waals surface area contributed by atoms with Crippen molar-refractivity contribution in [2.24, 2.45) is 4.99 Å². The van der Waals surface area contributed by atoms with Gasteiger partial charge in [0.2, 0.25) is 0 Å². The Balaban J connectivity index is 1.51. The predicted octanol–water partition coefficient (Wildman–Crippen LogP) is 7.27. The second kappa shape index (κ2) is 6.68. The summed E-state index contributed by atoms with van der Waals surface area (Å²) in [7, 11) is 0. The summed E-state index contributed by atoms with van der Waals surface area (Å²) in [6.07, 6.45) is 2.95. The van der Waals surface area contributed by atoms with Crippen LogP contribution in [0, 0.1) is 0 Å². The molecule has 5 aromatic rings. The van der Waals surface area contributed by atoms with Crippen LogP contribution in [-0.4, -0.2) is 10.7 Å². The largest absolute Gasteiger partial charge is 0.455 e. The molecule has 3 heterocycles. The molecule has 0 amide bonds. The maximum atomic E-state index is 6.18. The predicted molar refractivity (Wildman–Crippen MR) is 120 cm³/mol. The molecule has 0 aliphatic carbocycles. The van der Waals surface area contributed by atoms with Crippen LogP contribution in [0.4, 0.5) is 5.69 Å². The van der Waals surface area contributed by atoms with Gasteiger partial charge >= 0.3 is 0 Å². The highest BCUT2D eigenvalue weighted by atomic mass is 32.2. The first-order chi connectivity index (χ1) is 14.3. The van der Waals surface area contributed by atoms with Gasteiger partial charge in [-0.05, 0) is 35.9 Å². The summed E-state index contributed by atoms with van der Waals surface area (Å²) >= 11 is 1.88. The third-order valence-electron chi connectivity index (χ3n) is 5.45. The summed E-state index contributed by atoms with van der Waals surface area (Å²) in [6, 6.07) is 27.1. The highest BCUT2D eigenvalue weighted by Crippen LogP contribution is 2.47. The molecule has 6 rings (SSSR count).